The van der Waals surface area contributed by atoms with Crippen LogP contribution >= 0.6 is 12.2 Å². The first-order chi connectivity index (χ1) is 7.88. The van der Waals surface area contributed by atoms with E-state index in [9.17, 15) is 4.39 Å². The molecule has 1 aromatic carbocycles. The highest BCUT2D eigenvalue weighted by molar-refractivity contribution is 7.80. The lowest BCUT2D eigenvalue weighted by atomic mass is 10.1. The maximum Gasteiger partial charge on any atom is 0.124 e. The summed E-state index contributed by atoms with van der Waals surface area (Å²) in [5, 5.41) is 0. The Morgan fingerprint density at radius 2 is 2.06 bits per heavy atom. The predicted octanol–water partition coefficient (Wildman–Crippen LogP) is 2.55. The second-order valence-corrected chi connectivity index (χ2v) is 5.24. The highest BCUT2D eigenvalue weighted by Crippen LogP contribution is 2.12. The normalized spacial score (nSPS) is 11.2. The summed E-state index contributed by atoms with van der Waals surface area (Å²) in [4.78, 5) is 2.39. The van der Waals surface area contributed by atoms with E-state index < -0.39 is 0 Å². The first-order valence-corrected chi connectivity index (χ1v) is 6.07. The molecule has 4 heteroatoms. The molecule has 0 aliphatic rings. The van der Waals surface area contributed by atoms with E-state index in [2.05, 4.69) is 18.7 Å². The van der Waals surface area contributed by atoms with Gasteiger partial charge >= 0.3 is 0 Å². The van der Waals surface area contributed by atoms with Gasteiger partial charge in [0.2, 0.25) is 0 Å². The second kappa shape index (κ2) is 6.07. The third-order valence-corrected chi connectivity index (χ3v) is 2.61. The number of rotatable bonds is 5. The van der Waals surface area contributed by atoms with Crippen molar-refractivity contribution in [2.75, 3.05) is 13.6 Å². The summed E-state index contributed by atoms with van der Waals surface area (Å²) in [5.41, 5.74) is 7.00. The number of hydrogen-bond donors (Lipinski definition) is 1. The van der Waals surface area contributed by atoms with Gasteiger partial charge in [0.15, 0.2) is 0 Å². The van der Waals surface area contributed by atoms with Gasteiger partial charge in [0.1, 0.15) is 10.8 Å². The first-order valence-electron chi connectivity index (χ1n) is 5.66. The van der Waals surface area contributed by atoms with Crippen LogP contribution in [-0.2, 0) is 6.54 Å². The van der Waals surface area contributed by atoms with Gasteiger partial charge in [0, 0.05) is 18.7 Å². The van der Waals surface area contributed by atoms with E-state index in [1.807, 2.05) is 13.1 Å². The van der Waals surface area contributed by atoms with Gasteiger partial charge in [-0.15, -0.1) is 0 Å². The zero-order valence-corrected chi connectivity index (χ0v) is 11.4. The molecular formula is C13H19FN2S. The molecule has 0 unspecified atom stereocenters. The lowest BCUT2D eigenvalue weighted by Gasteiger charge is -2.19. The Kier molecular flexibility index (Phi) is 5.02. The minimum Gasteiger partial charge on any atom is -0.389 e. The second-order valence-electron chi connectivity index (χ2n) is 4.80. The molecular weight excluding hydrogens is 235 g/mol. The maximum atomic E-state index is 13.4. The van der Waals surface area contributed by atoms with Crippen molar-refractivity contribution in [3.8, 4) is 0 Å². The molecule has 0 aliphatic carbocycles. The lowest BCUT2D eigenvalue weighted by Crippen LogP contribution is -2.23. The average Bonchev–Trinajstić information content (AvgIpc) is 2.14. The van der Waals surface area contributed by atoms with E-state index in [-0.39, 0.29) is 10.8 Å². The van der Waals surface area contributed by atoms with Gasteiger partial charge in [0.05, 0.1) is 0 Å². The van der Waals surface area contributed by atoms with Crippen molar-refractivity contribution >= 4 is 17.2 Å². The monoisotopic (exact) mass is 254 g/mol. The molecule has 0 amide bonds. The van der Waals surface area contributed by atoms with Crippen molar-refractivity contribution < 1.29 is 4.39 Å². The number of benzene rings is 1. The third-order valence-electron chi connectivity index (χ3n) is 2.37. The van der Waals surface area contributed by atoms with Crippen LogP contribution in [-0.4, -0.2) is 23.5 Å². The summed E-state index contributed by atoms with van der Waals surface area (Å²) in [6.45, 7) is 5.98. The van der Waals surface area contributed by atoms with E-state index in [0.29, 0.717) is 18.0 Å². The van der Waals surface area contributed by atoms with Gasteiger partial charge in [-0.25, -0.2) is 4.39 Å². The first kappa shape index (κ1) is 14.1. The molecule has 1 rings (SSSR count). The van der Waals surface area contributed by atoms with Crippen LogP contribution in [0.1, 0.15) is 25.0 Å². The smallest absolute Gasteiger partial charge is 0.124 e. The van der Waals surface area contributed by atoms with E-state index in [0.717, 1.165) is 12.1 Å². The topological polar surface area (TPSA) is 29.3 Å². The molecule has 0 heterocycles. The van der Waals surface area contributed by atoms with Crippen molar-refractivity contribution in [2.45, 2.75) is 20.4 Å². The van der Waals surface area contributed by atoms with Crippen molar-refractivity contribution in [1.29, 1.82) is 0 Å². The van der Waals surface area contributed by atoms with Crippen LogP contribution in [0.5, 0.6) is 0 Å². The van der Waals surface area contributed by atoms with Crippen molar-refractivity contribution in [2.24, 2.45) is 11.7 Å². The zero-order chi connectivity index (χ0) is 13.0. The van der Waals surface area contributed by atoms with Crippen LogP contribution in [0.3, 0.4) is 0 Å². The predicted molar refractivity (Wildman–Crippen MR) is 73.5 cm³/mol. The Hall–Kier alpha value is -1.00. The van der Waals surface area contributed by atoms with Crippen molar-refractivity contribution in [3.63, 3.8) is 0 Å². The molecule has 17 heavy (non-hydrogen) atoms. The Labute approximate surface area is 108 Å². The Bertz CT molecular complexity index is 404. The van der Waals surface area contributed by atoms with Crippen LogP contribution in [0.2, 0.25) is 0 Å². The van der Waals surface area contributed by atoms with Crippen LogP contribution in [0.4, 0.5) is 4.39 Å². The van der Waals surface area contributed by atoms with Crippen molar-refractivity contribution in [1.82, 2.24) is 4.90 Å². The van der Waals surface area contributed by atoms with E-state index >= 15 is 0 Å². The largest absolute Gasteiger partial charge is 0.389 e. The summed E-state index contributed by atoms with van der Waals surface area (Å²) >= 11 is 4.86. The fraction of sp³-hybridized carbons (Fsp3) is 0.462. The highest BCUT2D eigenvalue weighted by atomic mass is 32.1. The molecule has 0 aliphatic heterocycles. The Balaban J connectivity index is 2.80. The molecule has 0 saturated heterocycles. The summed E-state index contributed by atoms with van der Waals surface area (Å²) in [6.07, 6.45) is 0. The molecule has 0 fully saturated rings. The van der Waals surface area contributed by atoms with Crippen LogP contribution in [0.15, 0.2) is 18.2 Å². The standard InChI is InChI=1S/C13H19FN2S/c1-9(2)7-16(3)8-10-4-11(13(15)17)6-12(14)5-10/h4-6,9H,7-8H2,1-3H3,(H2,15,17). The molecule has 0 spiro atoms. The summed E-state index contributed by atoms with van der Waals surface area (Å²) < 4.78 is 13.4. The number of halogens is 1. The van der Waals surface area contributed by atoms with Gasteiger partial charge < -0.3 is 10.6 Å². The molecule has 94 valence electrons. The molecule has 0 aromatic heterocycles. The SMILES string of the molecule is CC(C)CN(C)Cc1cc(F)cc(C(N)=S)c1. The van der Waals surface area contributed by atoms with Gasteiger partial charge in [-0.1, -0.05) is 26.1 Å². The molecule has 2 N–H and O–H groups in total. The fourth-order valence-electron chi connectivity index (χ4n) is 1.88. The third kappa shape index (κ3) is 4.79. The number of nitrogens with two attached hydrogens (primary N) is 1. The van der Waals surface area contributed by atoms with Crippen LogP contribution in [0.25, 0.3) is 0 Å². The van der Waals surface area contributed by atoms with Crippen LogP contribution in [0, 0.1) is 11.7 Å². The molecule has 2 nitrogen and oxygen atoms in total. The van der Waals surface area contributed by atoms with E-state index in [1.54, 1.807) is 0 Å². The number of hydrogen-bond acceptors (Lipinski definition) is 2. The molecule has 0 radical (unpaired) electrons. The van der Waals surface area contributed by atoms with E-state index in [1.165, 1.54) is 12.1 Å². The lowest BCUT2D eigenvalue weighted by molar-refractivity contribution is 0.288. The molecule has 0 atom stereocenters. The summed E-state index contributed by atoms with van der Waals surface area (Å²) in [6, 6.07) is 4.75. The number of nitrogens with zero attached hydrogens (tertiary/aromatic N) is 1. The Morgan fingerprint density at radius 1 is 1.41 bits per heavy atom. The number of thiocarbonyl (C=S) groups is 1. The quantitative estimate of drug-likeness (QED) is 0.819. The molecule has 0 bridgehead atoms. The van der Waals surface area contributed by atoms with Gasteiger partial charge in [-0.05, 0) is 36.7 Å². The van der Waals surface area contributed by atoms with Gasteiger partial charge in [-0.3, -0.25) is 0 Å². The summed E-state index contributed by atoms with van der Waals surface area (Å²) in [7, 11) is 2.02. The van der Waals surface area contributed by atoms with Gasteiger partial charge in [-0.2, -0.15) is 0 Å². The average molecular weight is 254 g/mol. The zero-order valence-electron chi connectivity index (χ0n) is 10.5. The molecule has 0 saturated carbocycles. The van der Waals surface area contributed by atoms with Crippen LogP contribution < -0.4 is 5.73 Å². The van der Waals surface area contributed by atoms with E-state index in [4.69, 9.17) is 18.0 Å². The minimum absolute atomic E-state index is 0.234. The fourth-order valence-corrected chi connectivity index (χ4v) is 2.00. The Morgan fingerprint density at radius 3 is 2.59 bits per heavy atom. The molecule has 1 aromatic rings. The highest BCUT2D eigenvalue weighted by Gasteiger charge is 2.07. The minimum atomic E-state index is -0.289. The van der Waals surface area contributed by atoms with Crippen molar-refractivity contribution in [3.05, 3.63) is 35.1 Å². The summed E-state index contributed by atoms with van der Waals surface area (Å²) in [5.74, 6) is 0.298. The maximum absolute atomic E-state index is 13.4. The van der Waals surface area contributed by atoms with Gasteiger partial charge in [0.25, 0.3) is 0 Å².